The lowest BCUT2D eigenvalue weighted by Gasteiger charge is -2.13. The average molecular weight is 376 g/mol. The number of rotatable bonds is 9. The summed E-state index contributed by atoms with van der Waals surface area (Å²) >= 11 is 1.30. The summed E-state index contributed by atoms with van der Waals surface area (Å²) in [6.07, 6.45) is 4.26. The molecule has 0 unspecified atom stereocenters. The molecule has 26 heavy (non-hydrogen) atoms. The molecule has 0 aliphatic carbocycles. The van der Waals surface area contributed by atoms with Crippen LogP contribution in [0.4, 0.5) is 0 Å². The van der Waals surface area contributed by atoms with Gasteiger partial charge in [-0.25, -0.2) is 0 Å². The molecule has 2 aromatic rings. The Morgan fingerprint density at radius 1 is 1.23 bits per heavy atom. The molecule has 2 amide bonds. The summed E-state index contributed by atoms with van der Waals surface area (Å²) in [6.45, 7) is 6.93. The minimum Gasteiger partial charge on any atom is -0.354 e. The van der Waals surface area contributed by atoms with Crippen molar-refractivity contribution in [2.45, 2.75) is 44.9 Å². The summed E-state index contributed by atoms with van der Waals surface area (Å²) in [7, 11) is 0. The van der Waals surface area contributed by atoms with E-state index in [1.165, 1.54) is 11.8 Å². The zero-order valence-electron chi connectivity index (χ0n) is 15.2. The zero-order chi connectivity index (χ0) is 18.9. The van der Waals surface area contributed by atoms with Gasteiger partial charge in [0.1, 0.15) is 6.04 Å². The lowest BCUT2D eigenvalue weighted by atomic mass is 10.2. The zero-order valence-corrected chi connectivity index (χ0v) is 16.0. The van der Waals surface area contributed by atoms with Crippen LogP contribution < -0.4 is 10.6 Å². The van der Waals surface area contributed by atoms with Crippen molar-refractivity contribution >= 4 is 23.6 Å². The second-order valence-corrected chi connectivity index (χ2v) is 6.60. The van der Waals surface area contributed by atoms with E-state index in [1.807, 2.05) is 30.5 Å². The first kappa shape index (κ1) is 19.9. The summed E-state index contributed by atoms with van der Waals surface area (Å²) in [5.41, 5.74) is 0.923. The third kappa shape index (κ3) is 5.29. The molecule has 0 fully saturated rings. The molecule has 0 aromatic carbocycles. The second kappa shape index (κ2) is 9.91. The summed E-state index contributed by atoms with van der Waals surface area (Å²) in [5.74, 6) is 0.511. The van der Waals surface area contributed by atoms with Crippen molar-refractivity contribution in [1.82, 2.24) is 30.4 Å². The monoisotopic (exact) mass is 376 g/mol. The minimum atomic E-state index is -0.564. The van der Waals surface area contributed by atoms with Crippen LogP contribution in [0.2, 0.25) is 0 Å². The third-order valence-corrected chi connectivity index (χ3v) is 4.59. The Morgan fingerprint density at radius 2 is 1.96 bits per heavy atom. The largest absolute Gasteiger partial charge is 0.354 e. The number of hydrogen-bond acceptors (Lipinski definition) is 6. The van der Waals surface area contributed by atoms with Crippen LogP contribution in [-0.4, -0.2) is 49.9 Å². The van der Waals surface area contributed by atoms with Gasteiger partial charge >= 0.3 is 0 Å². The van der Waals surface area contributed by atoms with Crippen LogP contribution >= 0.6 is 11.8 Å². The Hall–Kier alpha value is -2.42. The summed E-state index contributed by atoms with van der Waals surface area (Å²) in [6, 6.07) is 3.17. The smallest absolute Gasteiger partial charge is 0.242 e. The van der Waals surface area contributed by atoms with E-state index in [0.717, 1.165) is 17.8 Å². The molecule has 140 valence electrons. The van der Waals surface area contributed by atoms with Gasteiger partial charge in [-0.05, 0) is 32.4 Å². The number of pyridine rings is 1. The molecule has 2 N–H and O–H groups in total. The second-order valence-electron chi connectivity index (χ2n) is 5.66. The molecule has 0 aliphatic rings. The quantitative estimate of drug-likeness (QED) is 0.643. The maximum Gasteiger partial charge on any atom is 0.242 e. The van der Waals surface area contributed by atoms with Gasteiger partial charge in [0.15, 0.2) is 11.0 Å². The number of nitrogens with one attached hydrogen (secondary N) is 2. The van der Waals surface area contributed by atoms with Gasteiger partial charge in [-0.15, -0.1) is 10.2 Å². The Morgan fingerprint density at radius 3 is 2.62 bits per heavy atom. The van der Waals surface area contributed by atoms with Crippen molar-refractivity contribution < 1.29 is 9.59 Å². The Kier molecular flexibility index (Phi) is 7.58. The first-order chi connectivity index (χ1) is 12.6. The van der Waals surface area contributed by atoms with Gasteiger partial charge < -0.3 is 15.2 Å². The standard InChI is InChI=1S/C17H24N6O2S/c1-4-8-19-16(25)12(3)20-14(24)11-26-17-22-21-15(23(17)5-2)13-6-9-18-10-7-13/h6-7,9-10,12H,4-5,8,11H2,1-3H3,(H,19,25)(H,20,24)/t12-/m1/s1. The average Bonchev–Trinajstić information content (AvgIpc) is 3.07. The fourth-order valence-electron chi connectivity index (χ4n) is 2.28. The van der Waals surface area contributed by atoms with E-state index in [4.69, 9.17) is 0 Å². The molecular formula is C17H24N6O2S. The molecule has 0 radical (unpaired) electrons. The van der Waals surface area contributed by atoms with Crippen LogP contribution in [0.25, 0.3) is 11.4 Å². The number of nitrogens with zero attached hydrogens (tertiary/aromatic N) is 4. The third-order valence-electron chi connectivity index (χ3n) is 3.62. The predicted octanol–water partition coefficient (Wildman–Crippen LogP) is 1.48. The first-order valence-electron chi connectivity index (χ1n) is 8.60. The fraction of sp³-hybridized carbons (Fsp3) is 0.471. The Balaban J connectivity index is 1.94. The molecule has 2 heterocycles. The van der Waals surface area contributed by atoms with Gasteiger partial charge in [-0.3, -0.25) is 14.6 Å². The van der Waals surface area contributed by atoms with Crippen LogP contribution in [0.3, 0.4) is 0 Å². The highest BCUT2D eigenvalue weighted by molar-refractivity contribution is 7.99. The SMILES string of the molecule is CCCNC(=O)[C@@H](C)NC(=O)CSc1nnc(-c2ccncc2)n1CC. The molecule has 9 heteroatoms. The van der Waals surface area contributed by atoms with Gasteiger partial charge in [0.2, 0.25) is 11.8 Å². The summed E-state index contributed by atoms with van der Waals surface area (Å²) in [4.78, 5) is 27.9. The topological polar surface area (TPSA) is 102 Å². The van der Waals surface area contributed by atoms with Crippen molar-refractivity contribution in [3.63, 3.8) is 0 Å². The van der Waals surface area contributed by atoms with Gasteiger partial charge in [-0.2, -0.15) is 0 Å². The summed E-state index contributed by atoms with van der Waals surface area (Å²) in [5, 5.41) is 14.5. The number of thioether (sulfide) groups is 1. The van der Waals surface area contributed by atoms with Crippen molar-refractivity contribution in [3.8, 4) is 11.4 Å². The normalized spacial score (nSPS) is 11.8. The highest BCUT2D eigenvalue weighted by Crippen LogP contribution is 2.23. The van der Waals surface area contributed by atoms with Crippen LogP contribution in [-0.2, 0) is 16.1 Å². The predicted molar refractivity (Wildman–Crippen MR) is 101 cm³/mol. The highest BCUT2D eigenvalue weighted by Gasteiger charge is 2.17. The van der Waals surface area contributed by atoms with Gasteiger partial charge in [-0.1, -0.05) is 18.7 Å². The maximum atomic E-state index is 12.1. The van der Waals surface area contributed by atoms with Gasteiger partial charge in [0.05, 0.1) is 5.75 Å². The molecule has 8 nitrogen and oxygen atoms in total. The van der Waals surface area contributed by atoms with Crippen LogP contribution in [0, 0.1) is 0 Å². The first-order valence-corrected chi connectivity index (χ1v) is 9.58. The molecule has 0 aliphatic heterocycles. The van der Waals surface area contributed by atoms with Gasteiger partial charge in [0.25, 0.3) is 0 Å². The van der Waals surface area contributed by atoms with Crippen LogP contribution in [0.1, 0.15) is 27.2 Å². The molecule has 2 rings (SSSR count). The van der Waals surface area contributed by atoms with Crippen LogP contribution in [0.15, 0.2) is 29.7 Å². The molecule has 1 atom stereocenters. The molecule has 2 aromatic heterocycles. The van der Waals surface area contributed by atoms with Crippen molar-refractivity contribution in [1.29, 1.82) is 0 Å². The molecular weight excluding hydrogens is 352 g/mol. The van der Waals surface area contributed by atoms with Crippen molar-refractivity contribution in [2.75, 3.05) is 12.3 Å². The van der Waals surface area contributed by atoms with E-state index >= 15 is 0 Å². The van der Waals surface area contributed by atoms with E-state index in [9.17, 15) is 9.59 Å². The van der Waals surface area contributed by atoms with E-state index in [0.29, 0.717) is 18.2 Å². The number of hydrogen-bond donors (Lipinski definition) is 2. The van der Waals surface area contributed by atoms with E-state index in [1.54, 1.807) is 19.3 Å². The molecule has 0 spiro atoms. The van der Waals surface area contributed by atoms with Crippen molar-refractivity contribution in [2.24, 2.45) is 0 Å². The number of carbonyl (C=O) groups excluding carboxylic acids is 2. The Bertz CT molecular complexity index is 734. The Labute approximate surface area is 157 Å². The molecule has 0 bridgehead atoms. The van der Waals surface area contributed by atoms with Gasteiger partial charge in [0, 0.05) is 31.0 Å². The number of amides is 2. The van der Waals surface area contributed by atoms with Crippen molar-refractivity contribution in [3.05, 3.63) is 24.5 Å². The van der Waals surface area contributed by atoms with E-state index in [2.05, 4.69) is 25.8 Å². The summed E-state index contributed by atoms with van der Waals surface area (Å²) < 4.78 is 1.95. The fourth-order valence-corrected chi connectivity index (χ4v) is 3.09. The number of aromatic nitrogens is 4. The number of carbonyl (C=O) groups is 2. The lowest BCUT2D eigenvalue weighted by Crippen LogP contribution is -2.45. The van der Waals surface area contributed by atoms with E-state index < -0.39 is 6.04 Å². The lowest BCUT2D eigenvalue weighted by molar-refractivity contribution is -0.127. The molecule has 0 saturated carbocycles. The maximum absolute atomic E-state index is 12.1. The highest BCUT2D eigenvalue weighted by atomic mass is 32.2. The van der Waals surface area contributed by atoms with Crippen LogP contribution in [0.5, 0.6) is 0 Å². The minimum absolute atomic E-state index is 0.167. The molecule has 0 saturated heterocycles. The van der Waals surface area contributed by atoms with E-state index in [-0.39, 0.29) is 17.6 Å².